The zero-order valence-electron chi connectivity index (χ0n) is 15.7. The average Bonchev–Trinajstić information content (AvgIpc) is 3.42. The lowest BCUT2D eigenvalue weighted by atomic mass is 10.0. The fourth-order valence-electron chi connectivity index (χ4n) is 3.09. The number of carbonyl (C=O) groups excluding carboxylic acids is 1. The molecule has 1 atom stereocenters. The molecule has 1 N–H and O–H groups in total. The first-order valence-corrected chi connectivity index (χ1v) is 9.54. The minimum atomic E-state index is -0.380. The van der Waals surface area contributed by atoms with Gasteiger partial charge in [0.15, 0.2) is 0 Å². The summed E-state index contributed by atoms with van der Waals surface area (Å²) in [5.41, 5.74) is 2.45. The lowest BCUT2D eigenvalue weighted by Gasteiger charge is -2.19. The van der Waals surface area contributed by atoms with Crippen molar-refractivity contribution in [3.8, 4) is 5.00 Å². The van der Waals surface area contributed by atoms with E-state index in [9.17, 15) is 4.79 Å². The third-order valence-electron chi connectivity index (χ3n) is 4.68. The molecule has 0 aliphatic heterocycles. The summed E-state index contributed by atoms with van der Waals surface area (Å²) >= 11 is 1.49. The molecule has 4 rings (SSSR count). The van der Waals surface area contributed by atoms with Crippen molar-refractivity contribution >= 4 is 17.2 Å². The number of thiophene rings is 1. The Hall–Kier alpha value is -3.33. The van der Waals surface area contributed by atoms with Gasteiger partial charge in [-0.1, -0.05) is 30.3 Å². The predicted molar refractivity (Wildman–Crippen MR) is 105 cm³/mol. The Labute approximate surface area is 165 Å². The van der Waals surface area contributed by atoms with E-state index in [1.54, 1.807) is 6.20 Å². The minimum Gasteiger partial charge on any atom is -0.338 e. The summed E-state index contributed by atoms with van der Waals surface area (Å²) in [6.07, 6.45) is 5.09. The Morgan fingerprint density at radius 1 is 1.21 bits per heavy atom. The van der Waals surface area contributed by atoms with Crippen LogP contribution in [0.5, 0.6) is 0 Å². The molecule has 0 saturated carbocycles. The molecule has 1 amide bonds. The fraction of sp³-hybridized carbons (Fsp3) is 0.211. The maximum Gasteiger partial charge on any atom is 0.255 e. The van der Waals surface area contributed by atoms with E-state index < -0.39 is 0 Å². The van der Waals surface area contributed by atoms with Crippen LogP contribution in [0, 0.1) is 13.8 Å². The molecule has 1 aromatic carbocycles. The molecular formula is C19H19N7OS. The van der Waals surface area contributed by atoms with E-state index in [-0.39, 0.29) is 11.9 Å². The standard InChI is InChI=1S/C19H19N7OS/c1-12-13(2)28-19(26-11-21-23-24-26)15(12)18(27)22-16(14-7-5-4-6-8-14)17-20-9-10-25(17)3/h4-11,16H,1-3H3,(H,22,27)/t16-/m1/s1. The van der Waals surface area contributed by atoms with Crippen LogP contribution in [0.4, 0.5) is 0 Å². The predicted octanol–water partition coefficient (Wildman–Crippen LogP) is 2.59. The van der Waals surface area contributed by atoms with Crippen LogP contribution in [-0.2, 0) is 7.05 Å². The molecule has 3 aromatic heterocycles. The van der Waals surface area contributed by atoms with Gasteiger partial charge in [0.05, 0.1) is 5.56 Å². The number of rotatable bonds is 5. The van der Waals surface area contributed by atoms with Gasteiger partial charge in [-0.3, -0.25) is 4.79 Å². The molecule has 0 aliphatic carbocycles. The van der Waals surface area contributed by atoms with Crippen LogP contribution in [0.1, 0.15) is 38.2 Å². The number of aromatic nitrogens is 6. The first-order chi connectivity index (χ1) is 13.6. The van der Waals surface area contributed by atoms with Gasteiger partial charge in [0.25, 0.3) is 5.91 Å². The van der Waals surface area contributed by atoms with Crippen molar-refractivity contribution in [2.24, 2.45) is 7.05 Å². The largest absolute Gasteiger partial charge is 0.338 e. The number of aryl methyl sites for hydroxylation is 2. The molecule has 4 aromatic rings. The molecule has 28 heavy (non-hydrogen) atoms. The number of hydrogen-bond donors (Lipinski definition) is 1. The van der Waals surface area contributed by atoms with Crippen LogP contribution in [0.3, 0.4) is 0 Å². The second-order valence-corrected chi connectivity index (χ2v) is 7.63. The Morgan fingerprint density at radius 3 is 2.64 bits per heavy atom. The van der Waals surface area contributed by atoms with Gasteiger partial charge in [-0.15, -0.1) is 16.4 Å². The van der Waals surface area contributed by atoms with E-state index in [1.807, 2.05) is 62.0 Å². The van der Waals surface area contributed by atoms with Crippen molar-refractivity contribution in [1.29, 1.82) is 0 Å². The SMILES string of the molecule is Cc1sc(-n2cnnn2)c(C(=O)N[C@H](c2ccccc2)c2nccn2C)c1C. The molecule has 142 valence electrons. The molecule has 9 heteroatoms. The summed E-state index contributed by atoms with van der Waals surface area (Å²) in [4.78, 5) is 18.9. The highest BCUT2D eigenvalue weighted by atomic mass is 32.1. The number of nitrogens with zero attached hydrogens (tertiary/aromatic N) is 6. The van der Waals surface area contributed by atoms with Crippen LogP contribution in [-0.4, -0.2) is 35.7 Å². The summed E-state index contributed by atoms with van der Waals surface area (Å²) in [7, 11) is 1.91. The third-order valence-corrected chi connectivity index (χ3v) is 5.87. The summed E-state index contributed by atoms with van der Waals surface area (Å²) in [5.74, 6) is 0.567. The van der Waals surface area contributed by atoms with Crippen LogP contribution < -0.4 is 5.32 Å². The Morgan fingerprint density at radius 2 is 2.00 bits per heavy atom. The van der Waals surface area contributed by atoms with Crippen molar-refractivity contribution in [1.82, 2.24) is 35.1 Å². The fourth-order valence-corrected chi connectivity index (χ4v) is 4.16. The molecular weight excluding hydrogens is 374 g/mol. The maximum absolute atomic E-state index is 13.4. The van der Waals surface area contributed by atoms with Crippen LogP contribution in [0.15, 0.2) is 49.1 Å². The van der Waals surface area contributed by atoms with Crippen molar-refractivity contribution < 1.29 is 4.79 Å². The molecule has 0 spiro atoms. The van der Waals surface area contributed by atoms with E-state index >= 15 is 0 Å². The molecule has 0 bridgehead atoms. The summed E-state index contributed by atoms with van der Waals surface area (Å²) in [5, 5.41) is 15.2. The summed E-state index contributed by atoms with van der Waals surface area (Å²) < 4.78 is 3.43. The first-order valence-electron chi connectivity index (χ1n) is 8.72. The Balaban J connectivity index is 1.75. The van der Waals surface area contributed by atoms with E-state index in [4.69, 9.17) is 0 Å². The summed E-state index contributed by atoms with van der Waals surface area (Å²) in [6.45, 7) is 3.92. The Kier molecular flexibility index (Phi) is 4.74. The van der Waals surface area contributed by atoms with E-state index in [1.165, 1.54) is 22.3 Å². The highest BCUT2D eigenvalue weighted by Gasteiger charge is 2.26. The molecule has 0 fully saturated rings. The highest BCUT2D eigenvalue weighted by molar-refractivity contribution is 7.15. The monoisotopic (exact) mass is 393 g/mol. The Bertz CT molecular complexity index is 1100. The van der Waals surface area contributed by atoms with Crippen molar-refractivity contribution in [3.63, 3.8) is 0 Å². The topological polar surface area (TPSA) is 90.5 Å². The van der Waals surface area contributed by atoms with Gasteiger partial charge in [0.2, 0.25) is 0 Å². The number of amides is 1. The molecule has 0 radical (unpaired) electrons. The first kappa shape index (κ1) is 18.1. The number of imidazole rings is 1. The second kappa shape index (κ2) is 7.35. The smallest absolute Gasteiger partial charge is 0.255 e. The average molecular weight is 393 g/mol. The lowest BCUT2D eigenvalue weighted by Crippen LogP contribution is -2.32. The van der Waals surface area contributed by atoms with Gasteiger partial charge in [-0.25, -0.2) is 4.98 Å². The zero-order chi connectivity index (χ0) is 19.7. The third kappa shape index (κ3) is 3.20. The van der Waals surface area contributed by atoms with Gasteiger partial charge in [-0.2, -0.15) is 4.68 Å². The number of hydrogen-bond acceptors (Lipinski definition) is 6. The molecule has 0 saturated heterocycles. The highest BCUT2D eigenvalue weighted by Crippen LogP contribution is 2.31. The molecule has 8 nitrogen and oxygen atoms in total. The van der Waals surface area contributed by atoms with Gasteiger partial charge in [0, 0.05) is 24.3 Å². The van der Waals surface area contributed by atoms with Gasteiger partial charge < -0.3 is 9.88 Å². The van der Waals surface area contributed by atoms with Crippen LogP contribution in [0.2, 0.25) is 0 Å². The van der Waals surface area contributed by atoms with Crippen LogP contribution >= 0.6 is 11.3 Å². The minimum absolute atomic E-state index is 0.191. The van der Waals surface area contributed by atoms with Crippen molar-refractivity contribution in [2.75, 3.05) is 0 Å². The second-order valence-electron chi connectivity index (χ2n) is 6.43. The maximum atomic E-state index is 13.4. The number of benzene rings is 1. The van der Waals surface area contributed by atoms with Gasteiger partial charge >= 0.3 is 0 Å². The molecule has 3 heterocycles. The number of nitrogens with one attached hydrogen (secondary N) is 1. The molecule has 0 unspecified atom stereocenters. The van der Waals surface area contributed by atoms with E-state index in [0.717, 1.165) is 21.8 Å². The number of tetrazole rings is 1. The number of carbonyl (C=O) groups is 1. The van der Waals surface area contributed by atoms with Gasteiger partial charge in [0.1, 0.15) is 23.2 Å². The quantitative estimate of drug-likeness (QED) is 0.563. The lowest BCUT2D eigenvalue weighted by molar-refractivity contribution is 0.0941. The molecule has 0 aliphatic rings. The van der Waals surface area contributed by atoms with Gasteiger partial charge in [-0.05, 0) is 35.4 Å². The van der Waals surface area contributed by atoms with E-state index in [2.05, 4.69) is 25.8 Å². The zero-order valence-corrected chi connectivity index (χ0v) is 16.5. The van der Waals surface area contributed by atoms with Crippen molar-refractivity contribution in [3.05, 3.63) is 76.4 Å². The van der Waals surface area contributed by atoms with Crippen molar-refractivity contribution in [2.45, 2.75) is 19.9 Å². The van der Waals surface area contributed by atoms with E-state index in [0.29, 0.717) is 10.6 Å². The van der Waals surface area contributed by atoms with Crippen LogP contribution in [0.25, 0.3) is 5.00 Å². The summed E-state index contributed by atoms with van der Waals surface area (Å²) in [6, 6.07) is 9.42. The normalized spacial score (nSPS) is 12.1.